The van der Waals surface area contributed by atoms with Crippen LogP contribution in [0, 0.1) is 0 Å². The van der Waals surface area contributed by atoms with Crippen LogP contribution in [0.1, 0.15) is 26.7 Å². The summed E-state index contributed by atoms with van der Waals surface area (Å²) in [5.41, 5.74) is 2.45. The van der Waals surface area contributed by atoms with Crippen LogP contribution in [-0.4, -0.2) is 19.7 Å². The summed E-state index contributed by atoms with van der Waals surface area (Å²) in [6, 6.07) is 8.67. The number of rotatable bonds is 5. The summed E-state index contributed by atoms with van der Waals surface area (Å²) in [5, 5.41) is 3.37. The third-order valence-electron chi connectivity index (χ3n) is 3.46. The van der Waals surface area contributed by atoms with Gasteiger partial charge in [-0.1, -0.05) is 18.2 Å². The van der Waals surface area contributed by atoms with E-state index < -0.39 is 0 Å². The maximum atomic E-state index is 5.33. The fourth-order valence-corrected chi connectivity index (χ4v) is 2.32. The van der Waals surface area contributed by atoms with Crippen molar-refractivity contribution in [3.63, 3.8) is 0 Å². The average molecular weight is 272 g/mol. The lowest BCUT2D eigenvalue weighted by atomic mass is 10.2. The number of hydrogen-bond donors (Lipinski definition) is 1. The molecule has 1 heterocycles. The van der Waals surface area contributed by atoms with Crippen LogP contribution in [0.4, 0.5) is 5.69 Å². The Labute approximate surface area is 121 Å². The summed E-state index contributed by atoms with van der Waals surface area (Å²) >= 11 is 0. The van der Waals surface area contributed by atoms with Crippen LogP contribution in [0.3, 0.4) is 0 Å². The zero-order valence-electron chi connectivity index (χ0n) is 12.6. The SMILES string of the molecule is COc1cccc(N(CC2=CCCC=CN2)C(C)C)c1. The molecule has 0 spiro atoms. The Hall–Kier alpha value is -1.90. The second-order valence-electron chi connectivity index (χ2n) is 5.28. The lowest BCUT2D eigenvalue weighted by Crippen LogP contribution is -2.34. The molecule has 0 bridgehead atoms. The summed E-state index contributed by atoms with van der Waals surface area (Å²) in [5.74, 6) is 0.899. The third kappa shape index (κ3) is 3.80. The minimum atomic E-state index is 0.428. The van der Waals surface area contributed by atoms with Gasteiger partial charge < -0.3 is 15.0 Å². The smallest absolute Gasteiger partial charge is 0.120 e. The summed E-state index contributed by atoms with van der Waals surface area (Å²) in [6.07, 6.45) is 8.72. The molecule has 0 aromatic heterocycles. The van der Waals surface area contributed by atoms with Crippen molar-refractivity contribution in [3.8, 4) is 5.75 Å². The van der Waals surface area contributed by atoms with Gasteiger partial charge in [0.05, 0.1) is 13.7 Å². The summed E-state index contributed by atoms with van der Waals surface area (Å²) in [7, 11) is 1.71. The molecular formula is C17H24N2O. The second kappa shape index (κ2) is 7.04. The molecule has 3 nitrogen and oxygen atoms in total. The summed E-state index contributed by atoms with van der Waals surface area (Å²) in [6.45, 7) is 5.31. The van der Waals surface area contributed by atoms with E-state index in [1.54, 1.807) is 7.11 Å². The Morgan fingerprint density at radius 1 is 1.30 bits per heavy atom. The van der Waals surface area contributed by atoms with Crippen molar-refractivity contribution in [1.82, 2.24) is 5.32 Å². The first-order valence-corrected chi connectivity index (χ1v) is 7.22. The molecule has 3 heteroatoms. The zero-order chi connectivity index (χ0) is 14.4. The Balaban J connectivity index is 2.17. The van der Waals surface area contributed by atoms with Crippen LogP contribution in [-0.2, 0) is 0 Å². The van der Waals surface area contributed by atoms with Gasteiger partial charge in [0.25, 0.3) is 0 Å². The summed E-state index contributed by atoms with van der Waals surface area (Å²) < 4.78 is 5.33. The van der Waals surface area contributed by atoms with E-state index >= 15 is 0 Å². The second-order valence-corrected chi connectivity index (χ2v) is 5.28. The van der Waals surface area contributed by atoms with E-state index in [4.69, 9.17) is 4.74 Å². The van der Waals surface area contributed by atoms with Crippen LogP contribution < -0.4 is 15.0 Å². The number of allylic oxidation sites excluding steroid dienone is 2. The van der Waals surface area contributed by atoms with Gasteiger partial charge in [-0.25, -0.2) is 0 Å². The highest BCUT2D eigenvalue weighted by atomic mass is 16.5. The molecule has 0 atom stereocenters. The van der Waals surface area contributed by atoms with Crippen LogP contribution in [0.25, 0.3) is 0 Å². The number of hydrogen-bond acceptors (Lipinski definition) is 3. The fourth-order valence-electron chi connectivity index (χ4n) is 2.32. The predicted molar refractivity (Wildman–Crippen MR) is 85.1 cm³/mol. The van der Waals surface area contributed by atoms with Crippen LogP contribution in [0.5, 0.6) is 5.75 Å². The van der Waals surface area contributed by atoms with E-state index in [1.165, 1.54) is 11.4 Å². The molecule has 0 radical (unpaired) electrons. The number of benzene rings is 1. The number of anilines is 1. The average Bonchev–Trinajstić information content (AvgIpc) is 2.73. The normalized spacial score (nSPS) is 14.5. The van der Waals surface area contributed by atoms with Gasteiger partial charge in [-0.15, -0.1) is 0 Å². The third-order valence-corrected chi connectivity index (χ3v) is 3.46. The molecule has 108 valence electrons. The Morgan fingerprint density at radius 2 is 2.15 bits per heavy atom. The monoisotopic (exact) mass is 272 g/mol. The molecule has 0 fully saturated rings. The first-order chi connectivity index (χ1) is 9.70. The maximum Gasteiger partial charge on any atom is 0.120 e. The minimum Gasteiger partial charge on any atom is -0.497 e. The quantitative estimate of drug-likeness (QED) is 0.884. The number of ether oxygens (including phenoxy) is 1. The highest BCUT2D eigenvalue weighted by molar-refractivity contribution is 5.52. The molecule has 0 saturated heterocycles. The van der Waals surface area contributed by atoms with Gasteiger partial charge in [-0.05, 0) is 45.0 Å². The van der Waals surface area contributed by atoms with Gasteiger partial charge in [0.1, 0.15) is 5.75 Å². The molecule has 2 rings (SSSR count). The first kappa shape index (κ1) is 14.5. The van der Waals surface area contributed by atoms with E-state index in [2.05, 4.69) is 48.3 Å². The van der Waals surface area contributed by atoms with Gasteiger partial charge in [0, 0.05) is 23.5 Å². The largest absolute Gasteiger partial charge is 0.497 e. The van der Waals surface area contributed by atoms with Gasteiger partial charge in [-0.3, -0.25) is 0 Å². The van der Waals surface area contributed by atoms with Crippen molar-refractivity contribution >= 4 is 5.69 Å². The Kier molecular flexibility index (Phi) is 5.10. The molecule has 20 heavy (non-hydrogen) atoms. The topological polar surface area (TPSA) is 24.5 Å². The molecule has 0 aliphatic carbocycles. The predicted octanol–water partition coefficient (Wildman–Crippen LogP) is 3.69. The molecule has 1 aliphatic rings. The van der Waals surface area contributed by atoms with Gasteiger partial charge in [-0.2, -0.15) is 0 Å². The number of nitrogens with zero attached hydrogens (tertiary/aromatic N) is 1. The van der Waals surface area contributed by atoms with Crippen molar-refractivity contribution in [2.45, 2.75) is 32.7 Å². The molecule has 0 amide bonds. The Morgan fingerprint density at radius 3 is 2.90 bits per heavy atom. The van der Waals surface area contributed by atoms with Gasteiger partial charge >= 0.3 is 0 Å². The van der Waals surface area contributed by atoms with Gasteiger partial charge in [0.15, 0.2) is 0 Å². The number of methoxy groups -OCH3 is 1. The van der Waals surface area contributed by atoms with Crippen molar-refractivity contribution in [2.24, 2.45) is 0 Å². The summed E-state index contributed by atoms with van der Waals surface area (Å²) in [4.78, 5) is 2.38. The zero-order valence-corrected chi connectivity index (χ0v) is 12.6. The Bertz CT molecular complexity index is 492. The van der Waals surface area contributed by atoms with Crippen molar-refractivity contribution < 1.29 is 4.74 Å². The standard InChI is InChI=1S/C17H24N2O/c1-14(2)19(13-15-8-5-4-6-11-18-15)16-9-7-10-17(12-16)20-3/h6-12,14,18H,4-5,13H2,1-3H3. The fraction of sp³-hybridized carbons (Fsp3) is 0.412. The van der Waals surface area contributed by atoms with E-state index in [-0.39, 0.29) is 0 Å². The lowest BCUT2D eigenvalue weighted by Gasteiger charge is -2.30. The van der Waals surface area contributed by atoms with E-state index in [0.717, 1.165) is 25.1 Å². The van der Waals surface area contributed by atoms with E-state index in [0.29, 0.717) is 6.04 Å². The molecular weight excluding hydrogens is 248 g/mol. The first-order valence-electron chi connectivity index (χ1n) is 7.22. The van der Waals surface area contributed by atoms with Crippen molar-refractivity contribution in [2.75, 3.05) is 18.6 Å². The minimum absolute atomic E-state index is 0.428. The number of nitrogens with one attached hydrogen (secondary N) is 1. The van der Waals surface area contributed by atoms with Crippen molar-refractivity contribution in [3.05, 3.63) is 48.3 Å². The highest BCUT2D eigenvalue weighted by Crippen LogP contribution is 2.23. The molecule has 1 aliphatic heterocycles. The van der Waals surface area contributed by atoms with Crippen LogP contribution in [0.15, 0.2) is 48.3 Å². The highest BCUT2D eigenvalue weighted by Gasteiger charge is 2.13. The molecule has 1 aromatic carbocycles. The molecule has 0 saturated carbocycles. The van der Waals surface area contributed by atoms with Crippen LogP contribution >= 0.6 is 0 Å². The van der Waals surface area contributed by atoms with Crippen molar-refractivity contribution in [1.29, 1.82) is 0 Å². The van der Waals surface area contributed by atoms with Gasteiger partial charge in [0.2, 0.25) is 0 Å². The van der Waals surface area contributed by atoms with Crippen LogP contribution in [0.2, 0.25) is 0 Å². The molecule has 1 aromatic rings. The lowest BCUT2D eigenvalue weighted by molar-refractivity contribution is 0.414. The van der Waals surface area contributed by atoms with E-state index in [1.807, 2.05) is 18.3 Å². The van der Waals surface area contributed by atoms with E-state index in [9.17, 15) is 0 Å². The molecule has 1 N–H and O–H groups in total. The maximum absolute atomic E-state index is 5.33. The molecule has 0 unspecified atom stereocenters.